The molecule has 0 aromatic heterocycles. The van der Waals surface area contributed by atoms with Gasteiger partial charge in [-0.15, -0.1) is 0 Å². The Morgan fingerprint density at radius 3 is 1.00 bits per heavy atom. The number of rotatable bonds is 0. The Kier molecular flexibility index (Phi) is 15.6. The van der Waals surface area contributed by atoms with Crippen molar-refractivity contribution in [2.24, 2.45) is 0 Å². The summed E-state index contributed by atoms with van der Waals surface area (Å²) in [7, 11) is -0.812. The second kappa shape index (κ2) is 7.11. The average molecular weight is 604 g/mol. The van der Waals surface area contributed by atoms with Gasteiger partial charge in [-0.2, -0.15) is 0 Å². The Bertz CT molecular complexity index is 11.6. The molecule has 0 aliphatic heterocycles. The molecular formula is CH4I3Pb. The monoisotopic (exact) mass is 605 g/mol. The summed E-state index contributed by atoms with van der Waals surface area (Å²) in [5.74, 6) is 0. The first kappa shape index (κ1) is 11.0. The molecule has 0 heterocycles. The van der Waals surface area contributed by atoms with Crippen LogP contribution in [-0.2, 0) is 0 Å². The maximum absolute atomic E-state index is 2.54. The average Bonchev–Trinajstić information content (AvgIpc) is 0.811. The van der Waals surface area contributed by atoms with Crippen LogP contribution in [0.25, 0.3) is 0 Å². The third-order valence-corrected chi connectivity index (χ3v) is 0. The third-order valence-electron chi connectivity index (χ3n) is 0. The van der Waals surface area contributed by atoms with Gasteiger partial charge in [0.15, 0.2) is 0 Å². The Labute approximate surface area is 68.3 Å². The van der Waals surface area contributed by atoms with E-state index < -0.39 is 9.82 Å². The van der Waals surface area contributed by atoms with E-state index in [0.29, 0.717) is 0 Å². The van der Waals surface area contributed by atoms with Crippen LogP contribution in [0.5, 0.6) is 0 Å². The Balaban J connectivity index is 0. The van der Waals surface area contributed by atoms with Crippen LogP contribution < -0.4 is 0 Å². The SMILES string of the molecule is [CH3].[I][PbH]([I])[I]. The fourth-order valence-corrected chi connectivity index (χ4v) is 0. The summed E-state index contributed by atoms with van der Waals surface area (Å²) in [6, 6.07) is 0. The van der Waals surface area contributed by atoms with Crippen LogP contribution in [0.4, 0.5) is 0 Å². The molecule has 33 valence electrons. The van der Waals surface area contributed by atoms with E-state index in [1.807, 2.05) is 0 Å². The van der Waals surface area contributed by atoms with Crippen LogP contribution in [0.1, 0.15) is 0 Å². The first-order valence-corrected chi connectivity index (χ1v) is 38.5. The summed E-state index contributed by atoms with van der Waals surface area (Å²) >= 11 is 7.62. The van der Waals surface area contributed by atoms with Crippen LogP contribution in [0.2, 0.25) is 0 Å². The van der Waals surface area contributed by atoms with Crippen molar-refractivity contribution in [3.8, 4) is 0 Å². The molecule has 0 saturated heterocycles. The van der Waals surface area contributed by atoms with E-state index in [2.05, 4.69) is 53.3 Å². The van der Waals surface area contributed by atoms with Crippen LogP contribution in [0, 0.1) is 7.43 Å². The first-order valence-electron chi connectivity index (χ1n) is 0.655. The first-order chi connectivity index (χ1) is 1.73. The van der Waals surface area contributed by atoms with Gasteiger partial charge in [0.2, 0.25) is 0 Å². The molecule has 0 unspecified atom stereocenters. The summed E-state index contributed by atoms with van der Waals surface area (Å²) in [6.07, 6.45) is 0. The van der Waals surface area contributed by atoms with E-state index in [1.165, 1.54) is 0 Å². The van der Waals surface area contributed by atoms with Gasteiger partial charge in [0.25, 0.3) is 0 Å². The summed E-state index contributed by atoms with van der Waals surface area (Å²) in [4.78, 5) is 0. The van der Waals surface area contributed by atoms with Crippen LogP contribution in [0.15, 0.2) is 0 Å². The standard InChI is InChI=1S/CH3.3HI.Pb.H/h1H3;3*1H;;/q;;;;+3;/p-3. The summed E-state index contributed by atoms with van der Waals surface area (Å²) in [6.45, 7) is 0. The molecule has 0 aliphatic rings. The van der Waals surface area contributed by atoms with Gasteiger partial charge >= 0.3 is 63.1 Å². The van der Waals surface area contributed by atoms with Gasteiger partial charge in [-0.25, -0.2) is 0 Å². The van der Waals surface area contributed by atoms with Crippen molar-refractivity contribution in [3.05, 3.63) is 7.43 Å². The van der Waals surface area contributed by atoms with Crippen molar-refractivity contribution in [2.75, 3.05) is 0 Å². The van der Waals surface area contributed by atoms with Gasteiger partial charge in [0.05, 0.1) is 0 Å². The zero-order chi connectivity index (χ0) is 3.58. The van der Waals surface area contributed by atoms with Crippen molar-refractivity contribution in [1.82, 2.24) is 0 Å². The van der Waals surface area contributed by atoms with Gasteiger partial charge in [-0.05, 0) is 0 Å². The van der Waals surface area contributed by atoms with Gasteiger partial charge < -0.3 is 0 Å². The van der Waals surface area contributed by atoms with Gasteiger partial charge in [-0.1, -0.05) is 7.43 Å². The molecule has 0 rings (SSSR count). The zero-order valence-electron chi connectivity index (χ0n) is 2.71. The number of hydrogen-bond acceptors (Lipinski definition) is 0. The van der Waals surface area contributed by atoms with Crippen molar-refractivity contribution in [1.29, 1.82) is 0 Å². The molecule has 0 saturated carbocycles. The Hall–Kier alpha value is 3.11. The van der Waals surface area contributed by atoms with Crippen LogP contribution in [-0.4, -0.2) is 9.82 Å². The molecule has 0 spiro atoms. The molecule has 0 bridgehead atoms. The summed E-state index contributed by atoms with van der Waals surface area (Å²) in [5, 5.41) is 0. The normalized spacial score (nSPS) is 7.20. The Morgan fingerprint density at radius 2 is 1.00 bits per heavy atom. The Morgan fingerprint density at radius 1 is 1.00 bits per heavy atom. The molecule has 0 aromatic carbocycles. The van der Waals surface area contributed by atoms with Crippen molar-refractivity contribution in [2.45, 2.75) is 0 Å². The number of halogens is 3. The van der Waals surface area contributed by atoms with Gasteiger partial charge in [-0.3, -0.25) is 0 Å². The van der Waals surface area contributed by atoms with Crippen LogP contribution in [0.3, 0.4) is 0 Å². The molecule has 4 heteroatoms. The van der Waals surface area contributed by atoms with E-state index in [1.54, 1.807) is 0 Å². The topological polar surface area (TPSA) is 0 Å². The van der Waals surface area contributed by atoms with Gasteiger partial charge in [0.1, 0.15) is 0 Å². The molecule has 0 nitrogen and oxygen atoms in total. The summed E-state index contributed by atoms with van der Waals surface area (Å²) in [5.41, 5.74) is 0. The fourth-order valence-electron chi connectivity index (χ4n) is 0. The molecule has 0 aliphatic carbocycles. The minimum atomic E-state index is -0.812. The minimum absolute atomic E-state index is 0. The molecular weight excluding hydrogens is 600 g/mol. The second-order valence-corrected chi connectivity index (χ2v) is 97.7. The van der Waals surface area contributed by atoms with E-state index in [-0.39, 0.29) is 7.43 Å². The fraction of sp³-hybridized carbons (Fsp3) is 0. The predicted molar refractivity (Wildman–Crippen MR) is 55.6 cm³/mol. The van der Waals surface area contributed by atoms with Crippen molar-refractivity contribution in [3.63, 3.8) is 0 Å². The van der Waals surface area contributed by atoms with Crippen molar-refractivity contribution >= 4 is 63.1 Å². The maximum atomic E-state index is 2.54. The van der Waals surface area contributed by atoms with Crippen molar-refractivity contribution < 1.29 is 0 Å². The molecule has 1 radical (unpaired) electrons. The van der Waals surface area contributed by atoms with E-state index >= 15 is 0 Å². The zero-order valence-corrected chi connectivity index (χ0v) is 13.7. The summed E-state index contributed by atoms with van der Waals surface area (Å²) < 4.78 is 0. The quantitative estimate of drug-likeness (QED) is 0.295. The molecule has 0 fully saturated rings. The van der Waals surface area contributed by atoms with Gasteiger partial charge in [0, 0.05) is 0 Å². The molecule has 0 N–H and O–H groups in total. The molecule has 0 atom stereocenters. The molecule has 0 amide bonds. The van der Waals surface area contributed by atoms with E-state index in [4.69, 9.17) is 0 Å². The predicted octanol–water partition coefficient (Wildman–Crippen LogP) is 2.46. The molecule has 5 heavy (non-hydrogen) atoms. The second-order valence-electron chi connectivity index (χ2n) is 0.247. The van der Waals surface area contributed by atoms with Crippen LogP contribution >= 0.6 is 53.3 Å². The van der Waals surface area contributed by atoms with E-state index in [9.17, 15) is 0 Å². The van der Waals surface area contributed by atoms with E-state index in [0.717, 1.165) is 0 Å². The molecule has 0 aromatic rings. The number of hydrogen-bond donors (Lipinski definition) is 0. The third kappa shape index (κ3) is 19.2.